The van der Waals surface area contributed by atoms with Crippen molar-refractivity contribution in [1.82, 2.24) is 4.90 Å². The number of hydrogen-bond acceptors (Lipinski definition) is 6. The second-order valence-corrected chi connectivity index (χ2v) is 7.67. The molecule has 0 bridgehead atoms. The zero-order valence-corrected chi connectivity index (χ0v) is 18.4. The molecule has 1 aromatic heterocycles. The van der Waals surface area contributed by atoms with Gasteiger partial charge in [0.1, 0.15) is 5.75 Å². The van der Waals surface area contributed by atoms with Crippen molar-refractivity contribution in [2.75, 3.05) is 20.3 Å². The molecule has 0 saturated heterocycles. The monoisotopic (exact) mass is 436 g/mol. The summed E-state index contributed by atoms with van der Waals surface area (Å²) in [5.41, 5.74) is 1.39. The molecule has 0 fully saturated rings. The van der Waals surface area contributed by atoms with Crippen LogP contribution in [-0.4, -0.2) is 31.1 Å². The van der Waals surface area contributed by atoms with Crippen molar-refractivity contribution in [3.05, 3.63) is 76.0 Å². The normalized spacial score (nSPS) is 10.2. The zero-order chi connectivity index (χ0) is 22.1. The van der Waals surface area contributed by atoms with Crippen LogP contribution in [0.3, 0.4) is 0 Å². The quantitative estimate of drug-likeness (QED) is 0.463. The molecule has 0 aliphatic rings. The molecule has 31 heavy (non-hydrogen) atoms. The number of methoxy groups -OCH3 is 1. The minimum atomic E-state index is -0.161. The molecule has 3 aromatic rings. The number of para-hydroxylation sites is 1. The number of nitrogens with zero attached hydrogens (tertiary/aromatic N) is 2. The van der Waals surface area contributed by atoms with Crippen molar-refractivity contribution in [3.8, 4) is 23.3 Å². The standard InChI is InChI=1S/C24H24N2O4S/c1-3-29-23-13-18(14-25)10-11-22(23)30-17-24(27)26(16-20-8-6-12-31-20)15-19-7-4-5-9-21(19)28-2/h4-13H,3,15-17H2,1-2H3. The van der Waals surface area contributed by atoms with Gasteiger partial charge in [-0.25, -0.2) is 0 Å². The summed E-state index contributed by atoms with van der Waals surface area (Å²) in [6, 6.07) is 18.6. The topological polar surface area (TPSA) is 71.8 Å². The van der Waals surface area contributed by atoms with Gasteiger partial charge in [0.2, 0.25) is 0 Å². The molecule has 1 amide bonds. The summed E-state index contributed by atoms with van der Waals surface area (Å²) in [5, 5.41) is 11.1. The molecule has 0 atom stereocenters. The second kappa shape index (κ2) is 11.0. The van der Waals surface area contributed by atoms with Crippen molar-refractivity contribution in [2.24, 2.45) is 0 Å². The number of amides is 1. The number of benzene rings is 2. The first-order valence-electron chi connectivity index (χ1n) is 9.86. The van der Waals surface area contributed by atoms with Gasteiger partial charge in [-0.05, 0) is 36.6 Å². The van der Waals surface area contributed by atoms with Gasteiger partial charge in [-0.1, -0.05) is 24.3 Å². The van der Waals surface area contributed by atoms with Crippen LogP contribution in [0.4, 0.5) is 0 Å². The number of thiophene rings is 1. The highest BCUT2D eigenvalue weighted by Crippen LogP contribution is 2.29. The van der Waals surface area contributed by atoms with Crippen molar-refractivity contribution in [2.45, 2.75) is 20.0 Å². The Kier molecular flexibility index (Phi) is 7.91. The van der Waals surface area contributed by atoms with Gasteiger partial charge < -0.3 is 19.1 Å². The van der Waals surface area contributed by atoms with Crippen LogP contribution in [0.5, 0.6) is 17.2 Å². The molecule has 6 nitrogen and oxygen atoms in total. The van der Waals surface area contributed by atoms with E-state index in [1.165, 1.54) is 0 Å². The minimum absolute atomic E-state index is 0.146. The maximum atomic E-state index is 13.1. The first-order chi connectivity index (χ1) is 15.1. The second-order valence-electron chi connectivity index (χ2n) is 6.64. The smallest absolute Gasteiger partial charge is 0.261 e. The molecule has 0 aliphatic carbocycles. The number of nitriles is 1. The Labute approximate surface area is 186 Å². The van der Waals surface area contributed by atoms with Crippen LogP contribution in [0.1, 0.15) is 22.9 Å². The van der Waals surface area contributed by atoms with E-state index in [4.69, 9.17) is 19.5 Å². The predicted octanol–water partition coefficient (Wildman–Crippen LogP) is 4.63. The van der Waals surface area contributed by atoms with Gasteiger partial charge in [-0.3, -0.25) is 4.79 Å². The predicted molar refractivity (Wildman–Crippen MR) is 119 cm³/mol. The van der Waals surface area contributed by atoms with E-state index in [1.54, 1.807) is 41.5 Å². The Morgan fingerprint density at radius 3 is 2.58 bits per heavy atom. The van der Waals surface area contributed by atoms with E-state index in [2.05, 4.69) is 6.07 Å². The van der Waals surface area contributed by atoms with E-state index in [0.29, 0.717) is 36.8 Å². The molecule has 0 spiro atoms. The molecule has 0 aliphatic heterocycles. The molecule has 0 saturated carbocycles. The molecular formula is C24H24N2O4S. The van der Waals surface area contributed by atoms with E-state index in [0.717, 1.165) is 16.2 Å². The Morgan fingerprint density at radius 2 is 1.87 bits per heavy atom. The summed E-state index contributed by atoms with van der Waals surface area (Å²) in [7, 11) is 1.62. The Morgan fingerprint density at radius 1 is 1.03 bits per heavy atom. The van der Waals surface area contributed by atoms with Gasteiger partial charge in [0.05, 0.1) is 31.9 Å². The molecular weight excluding hydrogens is 412 g/mol. The van der Waals surface area contributed by atoms with Crippen molar-refractivity contribution in [3.63, 3.8) is 0 Å². The molecule has 1 heterocycles. The third-order valence-corrected chi connectivity index (χ3v) is 5.42. The summed E-state index contributed by atoms with van der Waals surface area (Å²) in [6.07, 6.45) is 0. The number of rotatable bonds is 10. The number of carbonyl (C=O) groups is 1. The molecule has 0 unspecified atom stereocenters. The minimum Gasteiger partial charge on any atom is -0.496 e. The van der Waals surface area contributed by atoms with E-state index in [1.807, 2.05) is 48.7 Å². The fourth-order valence-electron chi connectivity index (χ4n) is 3.06. The van der Waals surface area contributed by atoms with Crippen LogP contribution >= 0.6 is 11.3 Å². The summed E-state index contributed by atoms with van der Waals surface area (Å²) < 4.78 is 16.8. The van der Waals surface area contributed by atoms with Gasteiger partial charge in [0, 0.05) is 23.1 Å². The fourth-order valence-corrected chi connectivity index (χ4v) is 3.78. The van der Waals surface area contributed by atoms with Gasteiger partial charge in [-0.2, -0.15) is 5.26 Å². The summed E-state index contributed by atoms with van der Waals surface area (Å²) >= 11 is 1.60. The maximum Gasteiger partial charge on any atom is 0.261 e. The van der Waals surface area contributed by atoms with Gasteiger partial charge in [-0.15, -0.1) is 11.3 Å². The van der Waals surface area contributed by atoms with Crippen LogP contribution in [0.15, 0.2) is 60.0 Å². The fraction of sp³-hybridized carbons (Fsp3) is 0.250. The lowest BCUT2D eigenvalue weighted by atomic mass is 10.2. The van der Waals surface area contributed by atoms with Gasteiger partial charge >= 0.3 is 0 Å². The average Bonchev–Trinajstić information content (AvgIpc) is 3.31. The molecule has 0 N–H and O–H groups in total. The van der Waals surface area contributed by atoms with Gasteiger partial charge in [0.15, 0.2) is 18.1 Å². The summed E-state index contributed by atoms with van der Waals surface area (Å²) in [6.45, 7) is 3.01. The van der Waals surface area contributed by atoms with Crippen molar-refractivity contribution < 1.29 is 19.0 Å². The SMILES string of the molecule is CCOc1cc(C#N)ccc1OCC(=O)N(Cc1cccs1)Cc1ccccc1OC. The maximum absolute atomic E-state index is 13.1. The highest BCUT2D eigenvalue weighted by molar-refractivity contribution is 7.09. The lowest BCUT2D eigenvalue weighted by molar-refractivity contribution is -0.134. The number of ether oxygens (including phenoxy) is 3. The lowest BCUT2D eigenvalue weighted by Gasteiger charge is -2.23. The lowest BCUT2D eigenvalue weighted by Crippen LogP contribution is -2.34. The van der Waals surface area contributed by atoms with E-state index >= 15 is 0 Å². The first kappa shape index (κ1) is 22.2. The van der Waals surface area contributed by atoms with E-state index in [-0.39, 0.29) is 12.5 Å². The number of carbonyl (C=O) groups excluding carboxylic acids is 1. The molecule has 3 rings (SSSR count). The largest absolute Gasteiger partial charge is 0.496 e. The van der Waals surface area contributed by atoms with Crippen LogP contribution in [0, 0.1) is 11.3 Å². The Balaban J connectivity index is 1.76. The Bertz CT molecular complexity index is 1040. The number of hydrogen-bond donors (Lipinski definition) is 0. The third-order valence-electron chi connectivity index (χ3n) is 4.56. The van der Waals surface area contributed by atoms with Crippen LogP contribution < -0.4 is 14.2 Å². The average molecular weight is 437 g/mol. The summed E-state index contributed by atoms with van der Waals surface area (Å²) in [5.74, 6) is 1.45. The van der Waals surface area contributed by atoms with Crippen molar-refractivity contribution >= 4 is 17.2 Å². The van der Waals surface area contributed by atoms with Gasteiger partial charge in [0.25, 0.3) is 5.91 Å². The third kappa shape index (κ3) is 6.00. The molecule has 160 valence electrons. The first-order valence-corrected chi connectivity index (χ1v) is 10.7. The van der Waals surface area contributed by atoms with Crippen LogP contribution in [0.25, 0.3) is 0 Å². The highest BCUT2D eigenvalue weighted by Gasteiger charge is 2.19. The molecule has 0 radical (unpaired) electrons. The Hall–Kier alpha value is -3.50. The molecule has 2 aromatic carbocycles. The van der Waals surface area contributed by atoms with Crippen LogP contribution in [-0.2, 0) is 17.9 Å². The van der Waals surface area contributed by atoms with E-state index < -0.39 is 0 Å². The van der Waals surface area contributed by atoms with E-state index in [9.17, 15) is 4.79 Å². The zero-order valence-electron chi connectivity index (χ0n) is 17.5. The van der Waals surface area contributed by atoms with Crippen molar-refractivity contribution in [1.29, 1.82) is 5.26 Å². The van der Waals surface area contributed by atoms with Crippen LogP contribution in [0.2, 0.25) is 0 Å². The highest BCUT2D eigenvalue weighted by atomic mass is 32.1. The summed E-state index contributed by atoms with van der Waals surface area (Å²) in [4.78, 5) is 15.9. The molecule has 7 heteroatoms.